The van der Waals surface area contributed by atoms with E-state index in [1.165, 1.54) is 4.90 Å². The molecule has 1 rings (SSSR count). The van der Waals surface area contributed by atoms with Gasteiger partial charge in [-0.05, 0) is 12.8 Å². The maximum Gasteiger partial charge on any atom is 0.311 e. The Morgan fingerprint density at radius 2 is 2.29 bits per heavy atom. The van der Waals surface area contributed by atoms with Gasteiger partial charge in [0.2, 0.25) is 5.91 Å². The molecule has 1 aliphatic heterocycles. The fourth-order valence-electron chi connectivity index (χ4n) is 2.12. The number of amides is 1. The highest BCUT2D eigenvalue weighted by Gasteiger charge is 2.45. The van der Waals surface area contributed by atoms with Crippen LogP contribution in [0.1, 0.15) is 26.2 Å². The minimum atomic E-state index is -0.846. The quantitative estimate of drug-likeness (QED) is 0.678. The van der Waals surface area contributed by atoms with Crippen LogP contribution in [0, 0.1) is 17.8 Å². The summed E-state index contributed by atoms with van der Waals surface area (Å²) in [4.78, 5) is 24.6. The number of aliphatic carboxylic acids is 1. The second-order valence-electron chi connectivity index (χ2n) is 4.46. The Bertz CT molecular complexity index is 361. The van der Waals surface area contributed by atoms with E-state index >= 15 is 0 Å². The van der Waals surface area contributed by atoms with Crippen molar-refractivity contribution in [2.24, 2.45) is 11.1 Å². The predicted molar refractivity (Wildman–Crippen MR) is 63.0 cm³/mol. The smallest absolute Gasteiger partial charge is 0.311 e. The van der Waals surface area contributed by atoms with Crippen molar-refractivity contribution in [3.05, 3.63) is 0 Å². The second-order valence-corrected chi connectivity index (χ2v) is 4.46. The highest BCUT2D eigenvalue weighted by Crippen LogP contribution is 2.34. The number of likely N-dealkylation sites (tertiary alicyclic amines) is 1. The van der Waals surface area contributed by atoms with Crippen molar-refractivity contribution in [1.82, 2.24) is 4.90 Å². The zero-order valence-corrected chi connectivity index (χ0v) is 9.98. The molecule has 1 saturated heterocycles. The third kappa shape index (κ3) is 2.59. The number of hydrogen-bond acceptors (Lipinski definition) is 3. The summed E-state index contributed by atoms with van der Waals surface area (Å²) in [6.07, 6.45) is 6.27. The van der Waals surface area contributed by atoms with E-state index in [0.29, 0.717) is 19.4 Å². The average Bonchev–Trinajstić information content (AvgIpc) is 2.74. The Hall–Kier alpha value is -1.54. The van der Waals surface area contributed by atoms with Gasteiger partial charge in [-0.3, -0.25) is 9.59 Å². The Kier molecular flexibility index (Phi) is 4.13. The molecule has 0 aromatic carbocycles. The molecule has 0 aromatic rings. The topological polar surface area (TPSA) is 83.6 Å². The van der Waals surface area contributed by atoms with Crippen LogP contribution in [0.25, 0.3) is 0 Å². The minimum absolute atomic E-state index is 0.182. The summed E-state index contributed by atoms with van der Waals surface area (Å²) in [5, 5.41) is 9.20. The largest absolute Gasteiger partial charge is 0.481 e. The van der Waals surface area contributed by atoms with Crippen molar-refractivity contribution in [3.63, 3.8) is 0 Å². The van der Waals surface area contributed by atoms with E-state index in [1.807, 2.05) is 6.92 Å². The molecule has 0 spiro atoms. The van der Waals surface area contributed by atoms with Crippen LogP contribution >= 0.6 is 0 Å². The molecule has 0 aliphatic carbocycles. The Labute approximate surface area is 101 Å². The molecule has 1 aliphatic rings. The number of hydrogen-bond donors (Lipinski definition) is 2. The van der Waals surface area contributed by atoms with Gasteiger partial charge in [-0.25, -0.2) is 0 Å². The van der Waals surface area contributed by atoms with Gasteiger partial charge in [0.15, 0.2) is 0 Å². The van der Waals surface area contributed by atoms with Crippen LogP contribution in [-0.2, 0) is 9.59 Å². The first-order valence-electron chi connectivity index (χ1n) is 5.68. The van der Waals surface area contributed by atoms with Gasteiger partial charge in [0.05, 0.1) is 11.5 Å². The van der Waals surface area contributed by atoms with E-state index in [9.17, 15) is 14.7 Å². The summed E-state index contributed by atoms with van der Waals surface area (Å²) >= 11 is 0. The van der Waals surface area contributed by atoms with E-state index in [2.05, 4.69) is 5.92 Å². The SMILES string of the molecule is C#CCC(N)C(=O)N1CCC(CC)(C(=O)O)C1. The third-order valence-corrected chi connectivity index (χ3v) is 3.45. The summed E-state index contributed by atoms with van der Waals surface area (Å²) < 4.78 is 0. The fraction of sp³-hybridized carbons (Fsp3) is 0.667. The molecule has 3 N–H and O–H groups in total. The van der Waals surface area contributed by atoms with Gasteiger partial charge in [0, 0.05) is 19.5 Å². The second kappa shape index (κ2) is 5.19. The Morgan fingerprint density at radius 1 is 1.65 bits per heavy atom. The van der Waals surface area contributed by atoms with Crippen molar-refractivity contribution < 1.29 is 14.7 Å². The maximum atomic E-state index is 11.9. The molecule has 0 aromatic heterocycles. The van der Waals surface area contributed by atoms with Crippen molar-refractivity contribution in [2.45, 2.75) is 32.2 Å². The van der Waals surface area contributed by atoms with Crippen molar-refractivity contribution in [2.75, 3.05) is 13.1 Å². The molecule has 0 radical (unpaired) electrons. The number of terminal acetylenes is 1. The van der Waals surface area contributed by atoms with Gasteiger partial charge in [0.1, 0.15) is 0 Å². The summed E-state index contributed by atoms with van der Waals surface area (Å²) in [5.41, 5.74) is 4.82. The number of nitrogens with zero attached hydrogens (tertiary/aromatic N) is 1. The average molecular weight is 238 g/mol. The molecule has 5 nitrogen and oxygen atoms in total. The third-order valence-electron chi connectivity index (χ3n) is 3.45. The monoisotopic (exact) mass is 238 g/mol. The van der Waals surface area contributed by atoms with Crippen LogP contribution in [0.4, 0.5) is 0 Å². The minimum Gasteiger partial charge on any atom is -0.481 e. The molecule has 5 heteroatoms. The number of nitrogens with two attached hydrogens (primary N) is 1. The first kappa shape index (κ1) is 13.5. The van der Waals surface area contributed by atoms with Gasteiger partial charge in [-0.15, -0.1) is 12.3 Å². The normalized spacial score (nSPS) is 25.4. The summed E-state index contributed by atoms with van der Waals surface area (Å²) in [7, 11) is 0. The van der Waals surface area contributed by atoms with Gasteiger partial charge >= 0.3 is 5.97 Å². The van der Waals surface area contributed by atoms with Crippen molar-refractivity contribution in [3.8, 4) is 12.3 Å². The predicted octanol–water partition coefficient (Wildman–Crippen LogP) is 0.0503. The van der Waals surface area contributed by atoms with Gasteiger partial charge in [-0.2, -0.15) is 0 Å². The van der Waals surface area contributed by atoms with Crippen molar-refractivity contribution in [1.29, 1.82) is 0 Å². The van der Waals surface area contributed by atoms with E-state index in [-0.39, 0.29) is 18.9 Å². The van der Waals surface area contributed by atoms with Crippen molar-refractivity contribution >= 4 is 11.9 Å². The number of rotatable bonds is 4. The van der Waals surface area contributed by atoms with E-state index < -0.39 is 17.4 Å². The standard InChI is InChI=1S/C12H18N2O3/c1-3-5-9(13)10(15)14-7-6-12(4-2,8-14)11(16)17/h1,9H,4-8,13H2,2H3,(H,16,17). The van der Waals surface area contributed by atoms with E-state index in [1.54, 1.807) is 0 Å². The van der Waals surface area contributed by atoms with Gasteiger partial charge in [0.25, 0.3) is 0 Å². The molecule has 2 unspecified atom stereocenters. The number of carbonyl (C=O) groups is 2. The lowest BCUT2D eigenvalue weighted by Crippen LogP contribution is -2.44. The molecule has 0 saturated carbocycles. The van der Waals surface area contributed by atoms with Crippen LogP contribution in [0.3, 0.4) is 0 Å². The first-order chi connectivity index (χ1) is 7.96. The van der Waals surface area contributed by atoms with E-state index in [0.717, 1.165) is 0 Å². The molecule has 2 atom stereocenters. The number of carboxylic acids is 1. The zero-order chi connectivity index (χ0) is 13.1. The highest BCUT2D eigenvalue weighted by atomic mass is 16.4. The number of carboxylic acid groups (broad SMARTS) is 1. The summed E-state index contributed by atoms with van der Waals surface area (Å²) in [5.74, 6) is 1.24. The molecular weight excluding hydrogens is 220 g/mol. The van der Waals surface area contributed by atoms with Crippen LogP contribution in [0.15, 0.2) is 0 Å². The van der Waals surface area contributed by atoms with Crippen LogP contribution in [-0.4, -0.2) is 41.0 Å². The number of carbonyl (C=O) groups excluding carboxylic acids is 1. The maximum absolute atomic E-state index is 11.9. The lowest BCUT2D eigenvalue weighted by Gasteiger charge is -2.24. The molecule has 1 fully saturated rings. The van der Waals surface area contributed by atoms with Gasteiger partial charge < -0.3 is 15.7 Å². The van der Waals surface area contributed by atoms with Crippen LogP contribution in [0.5, 0.6) is 0 Å². The Balaban J connectivity index is 2.70. The summed E-state index contributed by atoms with van der Waals surface area (Å²) in [6, 6.07) is -0.721. The van der Waals surface area contributed by atoms with Crippen LogP contribution < -0.4 is 5.73 Å². The first-order valence-corrected chi connectivity index (χ1v) is 5.68. The summed E-state index contributed by atoms with van der Waals surface area (Å²) in [6.45, 7) is 2.50. The highest BCUT2D eigenvalue weighted by molar-refractivity contribution is 5.84. The molecule has 17 heavy (non-hydrogen) atoms. The molecule has 1 heterocycles. The molecule has 94 valence electrons. The molecule has 1 amide bonds. The lowest BCUT2D eigenvalue weighted by molar-refractivity contribution is -0.148. The lowest BCUT2D eigenvalue weighted by atomic mass is 9.84. The van der Waals surface area contributed by atoms with Crippen LogP contribution in [0.2, 0.25) is 0 Å². The fourth-order valence-corrected chi connectivity index (χ4v) is 2.12. The van der Waals surface area contributed by atoms with Gasteiger partial charge in [-0.1, -0.05) is 6.92 Å². The molecule has 0 bridgehead atoms. The zero-order valence-electron chi connectivity index (χ0n) is 9.98. The van der Waals surface area contributed by atoms with E-state index in [4.69, 9.17) is 12.2 Å². The molecular formula is C12H18N2O3. The Morgan fingerprint density at radius 3 is 2.71 bits per heavy atom.